The molecule has 0 aliphatic rings. The van der Waals surface area contributed by atoms with Crippen LogP contribution in [0.2, 0.25) is 0 Å². The summed E-state index contributed by atoms with van der Waals surface area (Å²) in [6, 6.07) is -0.913. The van der Waals surface area contributed by atoms with Crippen molar-refractivity contribution in [2.24, 2.45) is 0 Å². The minimum Gasteiger partial charge on any atom is -0.756 e. The molecule has 0 aliphatic carbocycles. The third kappa shape index (κ3) is 65.7. The SMILES string of the molecule is CC/C=C\C/C=C\C/C=C\C/C=C\C/C=C\C/C=C\C/C=C\C/C=C\C/C=C\C/C=C\C/C=C\C/C=C\CCCCCCC(=O)NC(COP(=O)([O-])OCC[N+](C)(C)C)C(O)/C=C/CCCCCCCCCCCCCCCCCCCCC. The van der Waals surface area contributed by atoms with Gasteiger partial charge in [0.25, 0.3) is 7.82 Å². The van der Waals surface area contributed by atoms with Crippen LogP contribution in [-0.4, -0.2) is 68.5 Å². The largest absolute Gasteiger partial charge is 0.756 e. The highest BCUT2D eigenvalue weighted by Crippen LogP contribution is 2.38. The van der Waals surface area contributed by atoms with E-state index in [0.717, 1.165) is 128 Å². The molecule has 0 saturated heterocycles. The van der Waals surface area contributed by atoms with E-state index in [1.807, 2.05) is 27.2 Å². The van der Waals surface area contributed by atoms with E-state index < -0.39 is 26.6 Å². The number of nitrogens with zero attached hydrogens (tertiary/aromatic N) is 1. The van der Waals surface area contributed by atoms with Gasteiger partial charge in [-0.05, 0) is 109 Å². The number of hydrogen-bond acceptors (Lipinski definition) is 6. The Morgan fingerprint density at radius 2 is 0.726 bits per heavy atom. The number of amides is 1. The zero-order valence-electron chi connectivity index (χ0n) is 54.5. The van der Waals surface area contributed by atoms with Crippen LogP contribution in [0.15, 0.2) is 158 Å². The van der Waals surface area contributed by atoms with Crippen LogP contribution in [0.25, 0.3) is 0 Å². The molecule has 0 heterocycles. The van der Waals surface area contributed by atoms with Crippen molar-refractivity contribution in [2.75, 3.05) is 40.9 Å². The van der Waals surface area contributed by atoms with Gasteiger partial charge in [-0.15, -0.1) is 0 Å². The summed E-state index contributed by atoms with van der Waals surface area (Å²) >= 11 is 0. The van der Waals surface area contributed by atoms with Crippen LogP contribution in [0.4, 0.5) is 0 Å². The summed E-state index contributed by atoms with van der Waals surface area (Å²) in [4.78, 5) is 25.6. The van der Waals surface area contributed by atoms with Gasteiger partial charge in [0.2, 0.25) is 5.91 Å². The summed E-state index contributed by atoms with van der Waals surface area (Å²) in [6.07, 6.45) is 99.1. The lowest BCUT2D eigenvalue weighted by Gasteiger charge is -2.29. The predicted molar refractivity (Wildman–Crippen MR) is 366 cm³/mol. The molecule has 0 aromatic heterocycles. The van der Waals surface area contributed by atoms with Crippen LogP contribution in [0.1, 0.15) is 258 Å². The molecule has 0 aromatic carbocycles. The molecule has 3 unspecified atom stereocenters. The number of hydrogen-bond donors (Lipinski definition) is 2. The summed E-state index contributed by atoms with van der Waals surface area (Å²) in [7, 11) is 1.22. The van der Waals surface area contributed by atoms with Crippen LogP contribution in [-0.2, 0) is 18.4 Å². The Morgan fingerprint density at radius 3 is 1.06 bits per heavy atom. The van der Waals surface area contributed by atoms with Crippen LogP contribution >= 0.6 is 7.82 Å². The minimum absolute atomic E-state index is 0.0141. The number of carbonyl (C=O) groups excluding carboxylic acids is 1. The van der Waals surface area contributed by atoms with Crippen molar-refractivity contribution in [3.8, 4) is 0 Å². The molecule has 478 valence electrons. The second-order valence-electron chi connectivity index (χ2n) is 23.4. The normalized spacial score (nSPS) is 14.7. The van der Waals surface area contributed by atoms with E-state index in [4.69, 9.17) is 9.05 Å². The highest BCUT2D eigenvalue weighted by molar-refractivity contribution is 7.45. The average molecular weight is 1180 g/mol. The summed E-state index contributed by atoms with van der Waals surface area (Å²) in [5.41, 5.74) is 0. The molecule has 0 aromatic rings. The lowest BCUT2D eigenvalue weighted by atomic mass is 10.0. The fourth-order valence-electron chi connectivity index (χ4n) is 9.02. The van der Waals surface area contributed by atoms with E-state index in [1.165, 1.54) is 109 Å². The van der Waals surface area contributed by atoms with Gasteiger partial charge in [0.05, 0.1) is 39.9 Å². The number of aliphatic hydroxyl groups is 1. The van der Waals surface area contributed by atoms with Crippen molar-refractivity contribution >= 4 is 13.7 Å². The number of rotatable bonds is 60. The van der Waals surface area contributed by atoms with Crippen LogP contribution in [0, 0.1) is 0 Å². The lowest BCUT2D eigenvalue weighted by Crippen LogP contribution is -2.45. The van der Waals surface area contributed by atoms with Crippen LogP contribution < -0.4 is 10.2 Å². The van der Waals surface area contributed by atoms with E-state index >= 15 is 0 Å². The summed E-state index contributed by atoms with van der Waals surface area (Å²) in [6.45, 7) is 4.52. The van der Waals surface area contributed by atoms with E-state index in [0.29, 0.717) is 17.4 Å². The number of unbranched alkanes of at least 4 members (excludes halogenated alkanes) is 23. The fourth-order valence-corrected chi connectivity index (χ4v) is 9.74. The molecule has 8 nitrogen and oxygen atoms in total. The number of nitrogens with one attached hydrogen (secondary N) is 1. The zero-order valence-corrected chi connectivity index (χ0v) is 55.4. The first-order chi connectivity index (χ1) is 41.0. The third-order valence-electron chi connectivity index (χ3n) is 14.2. The second kappa shape index (κ2) is 63.6. The Labute approximate surface area is 518 Å². The highest BCUT2D eigenvalue weighted by Gasteiger charge is 2.23. The molecular weight excluding hydrogens is 1060 g/mol. The fraction of sp³-hybridized carbons (Fsp3) is 0.640. The predicted octanol–water partition coefficient (Wildman–Crippen LogP) is 21.1. The molecular formula is C75H127N2O6P. The smallest absolute Gasteiger partial charge is 0.268 e. The van der Waals surface area contributed by atoms with Gasteiger partial charge in [-0.3, -0.25) is 9.36 Å². The number of aliphatic hydroxyl groups excluding tert-OH is 1. The summed E-state index contributed by atoms with van der Waals surface area (Å²) in [5, 5.41) is 13.9. The minimum atomic E-state index is -4.62. The molecule has 0 fully saturated rings. The molecule has 2 N–H and O–H groups in total. The van der Waals surface area contributed by atoms with Crippen molar-refractivity contribution in [1.82, 2.24) is 5.32 Å². The van der Waals surface area contributed by atoms with E-state index in [1.54, 1.807) is 6.08 Å². The molecule has 0 radical (unpaired) electrons. The van der Waals surface area contributed by atoms with Crippen molar-refractivity contribution in [3.05, 3.63) is 158 Å². The summed E-state index contributed by atoms with van der Waals surface area (Å²) in [5.74, 6) is -0.226. The number of phosphoric ester groups is 1. The maximum atomic E-state index is 13.0. The average Bonchev–Trinajstić information content (AvgIpc) is 3.56. The van der Waals surface area contributed by atoms with Crippen molar-refractivity contribution < 1.29 is 32.9 Å². The molecule has 0 bridgehead atoms. The highest BCUT2D eigenvalue weighted by atomic mass is 31.2. The lowest BCUT2D eigenvalue weighted by molar-refractivity contribution is -0.870. The molecule has 9 heteroatoms. The monoisotopic (exact) mass is 1180 g/mol. The Kier molecular flexibility index (Phi) is 60.7. The van der Waals surface area contributed by atoms with Crippen molar-refractivity contribution in [1.29, 1.82) is 0 Å². The molecule has 3 atom stereocenters. The van der Waals surface area contributed by atoms with Crippen LogP contribution in [0.3, 0.4) is 0 Å². The maximum absolute atomic E-state index is 13.0. The van der Waals surface area contributed by atoms with Gasteiger partial charge in [-0.25, -0.2) is 0 Å². The standard InChI is InChI=1S/C75H127N2O6P/c1-6-8-10-12-14-16-18-20-22-24-26-28-29-30-31-32-33-34-35-36-37-38-39-40-41-42-43-44-45-46-47-49-51-53-55-57-59-61-63-65-67-69-75(79)76-73(72-83-84(80,81)82-71-70-77(3,4)5)74(78)68-66-64-62-60-58-56-54-52-50-48-27-25-23-21-19-17-15-13-11-9-7-2/h8,10,14,16,20,22,26,28,30-31,33-34,36-37,39-40,42-43,45-46,49,51,55,57,66,68,73-74,78H,6-7,9,11-13,15,17-19,21,23-25,27,29,32,35,38,41,44,47-48,50,52-54,56,58-65,67,69-72H2,1-5H3,(H-,76,79,80,81)/b10-8-,16-14-,22-20-,28-26-,31-30-,34-33-,37-36-,40-39-,43-42-,46-45-,51-49-,57-55-,68-66+. The first-order valence-electron chi connectivity index (χ1n) is 33.8. The number of allylic oxidation sites excluding steroid dienone is 25. The van der Waals surface area contributed by atoms with Crippen LogP contribution in [0.5, 0.6) is 0 Å². The molecule has 0 spiro atoms. The van der Waals surface area contributed by atoms with Gasteiger partial charge in [0.1, 0.15) is 13.2 Å². The summed E-state index contributed by atoms with van der Waals surface area (Å²) < 4.78 is 23.4. The molecule has 0 aliphatic heterocycles. The van der Waals surface area contributed by atoms with Gasteiger partial charge < -0.3 is 28.8 Å². The molecule has 0 saturated carbocycles. The second-order valence-corrected chi connectivity index (χ2v) is 24.9. The first-order valence-corrected chi connectivity index (χ1v) is 35.3. The Bertz CT molecular complexity index is 1930. The van der Waals surface area contributed by atoms with Gasteiger partial charge in [0.15, 0.2) is 0 Å². The Hall–Kier alpha value is -3.88. The maximum Gasteiger partial charge on any atom is 0.268 e. The number of likely N-dealkylation sites (N-methyl/N-ethyl adjacent to an activating group) is 1. The van der Waals surface area contributed by atoms with Gasteiger partial charge in [-0.2, -0.15) is 0 Å². The van der Waals surface area contributed by atoms with E-state index in [-0.39, 0.29) is 12.5 Å². The Morgan fingerprint density at radius 1 is 0.429 bits per heavy atom. The quantitative estimate of drug-likeness (QED) is 0.0272. The van der Waals surface area contributed by atoms with Crippen molar-refractivity contribution in [2.45, 2.75) is 270 Å². The molecule has 84 heavy (non-hydrogen) atoms. The van der Waals surface area contributed by atoms with Gasteiger partial charge in [0, 0.05) is 6.42 Å². The van der Waals surface area contributed by atoms with E-state index in [2.05, 4.69) is 165 Å². The van der Waals surface area contributed by atoms with Gasteiger partial charge in [-0.1, -0.05) is 300 Å². The topological polar surface area (TPSA) is 108 Å². The third-order valence-corrected chi connectivity index (χ3v) is 15.2. The Balaban J connectivity index is 4.22. The van der Waals surface area contributed by atoms with Crippen molar-refractivity contribution in [3.63, 3.8) is 0 Å². The number of carbonyl (C=O) groups is 1. The molecule has 1 amide bonds. The van der Waals surface area contributed by atoms with Gasteiger partial charge >= 0.3 is 0 Å². The number of quaternary nitrogens is 1. The van der Waals surface area contributed by atoms with E-state index in [9.17, 15) is 19.4 Å². The first kappa shape index (κ1) is 80.1. The molecule has 0 rings (SSSR count). The number of phosphoric acid groups is 1. The zero-order chi connectivity index (χ0) is 61.2.